The Labute approximate surface area is 105 Å². The summed E-state index contributed by atoms with van der Waals surface area (Å²) in [7, 11) is 0. The number of aromatic nitrogens is 2. The van der Waals surface area contributed by atoms with Gasteiger partial charge in [-0.1, -0.05) is 11.2 Å². The molecule has 0 saturated carbocycles. The van der Waals surface area contributed by atoms with E-state index in [2.05, 4.69) is 10.1 Å². The Bertz CT molecular complexity index is 561. The standard InChI is InChI=1S/C13H14N2O3/c1-8-3-4-11(13-14-9(2)15-18-13)12(5-8)17-7-10-6-16-10/h3-5,10H,6-7H2,1-2H3/t10-/m0/s1. The molecule has 2 heterocycles. The maximum Gasteiger partial charge on any atom is 0.261 e. The lowest BCUT2D eigenvalue weighted by Gasteiger charge is -2.08. The Morgan fingerprint density at radius 3 is 2.89 bits per heavy atom. The van der Waals surface area contributed by atoms with Crippen molar-refractivity contribution in [1.29, 1.82) is 0 Å². The van der Waals surface area contributed by atoms with Crippen molar-refractivity contribution in [2.24, 2.45) is 0 Å². The van der Waals surface area contributed by atoms with Crippen molar-refractivity contribution >= 4 is 0 Å². The van der Waals surface area contributed by atoms with Crippen LogP contribution in [-0.2, 0) is 4.74 Å². The zero-order valence-corrected chi connectivity index (χ0v) is 10.3. The number of nitrogens with zero attached hydrogens (tertiary/aromatic N) is 2. The maximum atomic E-state index is 5.75. The van der Waals surface area contributed by atoms with E-state index in [1.54, 1.807) is 6.92 Å². The molecular weight excluding hydrogens is 232 g/mol. The van der Waals surface area contributed by atoms with Crippen molar-refractivity contribution in [3.63, 3.8) is 0 Å². The first-order valence-electron chi connectivity index (χ1n) is 5.88. The van der Waals surface area contributed by atoms with Gasteiger partial charge in [0.15, 0.2) is 5.82 Å². The fourth-order valence-electron chi connectivity index (χ4n) is 1.68. The molecule has 1 aromatic carbocycles. The smallest absolute Gasteiger partial charge is 0.261 e. The molecule has 18 heavy (non-hydrogen) atoms. The molecule has 1 aromatic heterocycles. The van der Waals surface area contributed by atoms with Crippen LogP contribution in [0.4, 0.5) is 0 Å². The number of aryl methyl sites for hydroxylation is 2. The van der Waals surface area contributed by atoms with E-state index in [1.807, 2.05) is 25.1 Å². The number of rotatable bonds is 4. The largest absolute Gasteiger partial charge is 0.490 e. The van der Waals surface area contributed by atoms with Gasteiger partial charge in [-0.25, -0.2) is 0 Å². The zero-order chi connectivity index (χ0) is 12.5. The van der Waals surface area contributed by atoms with E-state index in [9.17, 15) is 0 Å². The minimum Gasteiger partial charge on any atom is -0.490 e. The van der Waals surface area contributed by atoms with Crippen molar-refractivity contribution in [3.8, 4) is 17.2 Å². The molecule has 1 atom stereocenters. The highest BCUT2D eigenvalue weighted by Gasteiger charge is 2.24. The second kappa shape index (κ2) is 4.42. The molecule has 1 aliphatic rings. The molecule has 3 rings (SSSR count). The molecule has 0 bridgehead atoms. The van der Waals surface area contributed by atoms with Gasteiger partial charge in [0, 0.05) is 0 Å². The number of hydrogen-bond acceptors (Lipinski definition) is 5. The van der Waals surface area contributed by atoms with E-state index in [0.717, 1.165) is 23.5 Å². The summed E-state index contributed by atoms with van der Waals surface area (Å²) in [6.45, 7) is 5.15. The first-order valence-corrected chi connectivity index (χ1v) is 5.88. The quantitative estimate of drug-likeness (QED) is 0.773. The first kappa shape index (κ1) is 11.2. The molecule has 0 N–H and O–H groups in total. The second-order valence-electron chi connectivity index (χ2n) is 4.41. The fraction of sp³-hybridized carbons (Fsp3) is 0.385. The van der Waals surface area contributed by atoms with Gasteiger partial charge in [0.05, 0.1) is 12.2 Å². The molecule has 5 heteroatoms. The van der Waals surface area contributed by atoms with Crippen LogP contribution in [0, 0.1) is 13.8 Å². The summed E-state index contributed by atoms with van der Waals surface area (Å²) in [5.41, 5.74) is 1.95. The second-order valence-corrected chi connectivity index (χ2v) is 4.41. The van der Waals surface area contributed by atoms with Gasteiger partial charge in [-0.15, -0.1) is 0 Å². The third-order valence-electron chi connectivity index (χ3n) is 2.72. The monoisotopic (exact) mass is 246 g/mol. The molecule has 1 fully saturated rings. The van der Waals surface area contributed by atoms with Crippen LogP contribution < -0.4 is 4.74 Å². The van der Waals surface area contributed by atoms with E-state index in [0.29, 0.717) is 18.3 Å². The van der Waals surface area contributed by atoms with Crippen molar-refractivity contribution < 1.29 is 14.0 Å². The van der Waals surface area contributed by atoms with Crippen LogP contribution >= 0.6 is 0 Å². The molecule has 1 aliphatic heterocycles. The van der Waals surface area contributed by atoms with Crippen LogP contribution in [0.5, 0.6) is 5.75 Å². The Morgan fingerprint density at radius 2 is 2.22 bits per heavy atom. The van der Waals surface area contributed by atoms with Crippen molar-refractivity contribution in [1.82, 2.24) is 10.1 Å². The summed E-state index contributed by atoms with van der Waals surface area (Å²) in [4.78, 5) is 4.22. The minimum absolute atomic E-state index is 0.225. The van der Waals surface area contributed by atoms with Gasteiger partial charge >= 0.3 is 0 Å². The summed E-state index contributed by atoms with van der Waals surface area (Å²) >= 11 is 0. The van der Waals surface area contributed by atoms with Crippen LogP contribution in [0.15, 0.2) is 22.7 Å². The maximum absolute atomic E-state index is 5.75. The van der Waals surface area contributed by atoms with E-state index in [-0.39, 0.29) is 6.10 Å². The zero-order valence-electron chi connectivity index (χ0n) is 10.3. The SMILES string of the molecule is Cc1ccc(-c2nc(C)no2)c(OC[C@@H]2CO2)c1. The Hall–Kier alpha value is -1.88. The normalized spacial score (nSPS) is 17.8. The molecule has 5 nitrogen and oxygen atoms in total. The van der Waals surface area contributed by atoms with Gasteiger partial charge in [0.2, 0.25) is 0 Å². The third-order valence-corrected chi connectivity index (χ3v) is 2.72. The highest BCUT2D eigenvalue weighted by atomic mass is 16.6. The van der Waals surface area contributed by atoms with Crippen LogP contribution in [0.25, 0.3) is 11.5 Å². The van der Waals surface area contributed by atoms with Crippen LogP contribution in [0.3, 0.4) is 0 Å². The lowest BCUT2D eigenvalue weighted by Crippen LogP contribution is -2.05. The summed E-state index contributed by atoms with van der Waals surface area (Å²) in [5.74, 6) is 1.86. The molecular formula is C13H14N2O3. The predicted molar refractivity (Wildman–Crippen MR) is 64.4 cm³/mol. The van der Waals surface area contributed by atoms with Crippen LogP contribution in [0.1, 0.15) is 11.4 Å². The van der Waals surface area contributed by atoms with Gasteiger partial charge in [0.25, 0.3) is 5.89 Å². The summed E-state index contributed by atoms with van der Waals surface area (Å²) in [5, 5.41) is 3.80. The number of benzene rings is 1. The third kappa shape index (κ3) is 2.36. The van der Waals surface area contributed by atoms with Gasteiger partial charge in [-0.2, -0.15) is 4.98 Å². The lowest BCUT2D eigenvalue weighted by molar-refractivity contribution is 0.263. The van der Waals surface area contributed by atoms with Gasteiger partial charge in [-0.05, 0) is 31.5 Å². The first-order chi connectivity index (χ1) is 8.72. The molecule has 0 unspecified atom stereocenters. The van der Waals surface area contributed by atoms with Gasteiger partial charge < -0.3 is 14.0 Å². The summed E-state index contributed by atoms with van der Waals surface area (Å²) in [6, 6.07) is 5.90. The Morgan fingerprint density at radius 1 is 1.39 bits per heavy atom. The van der Waals surface area contributed by atoms with Crippen molar-refractivity contribution in [2.45, 2.75) is 20.0 Å². The number of hydrogen-bond donors (Lipinski definition) is 0. The summed E-state index contributed by atoms with van der Waals surface area (Å²) < 4.78 is 16.1. The van der Waals surface area contributed by atoms with Gasteiger partial charge in [-0.3, -0.25) is 0 Å². The highest BCUT2D eigenvalue weighted by molar-refractivity contribution is 5.63. The molecule has 2 aromatic rings. The van der Waals surface area contributed by atoms with Crippen molar-refractivity contribution in [3.05, 3.63) is 29.6 Å². The predicted octanol–water partition coefficient (Wildman–Crippen LogP) is 2.13. The molecule has 0 radical (unpaired) electrons. The summed E-state index contributed by atoms with van der Waals surface area (Å²) in [6.07, 6.45) is 0.225. The Balaban J connectivity index is 1.91. The van der Waals surface area contributed by atoms with E-state index in [4.69, 9.17) is 14.0 Å². The van der Waals surface area contributed by atoms with Gasteiger partial charge in [0.1, 0.15) is 18.5 Å². The molecule has 0 spiro atoms. The van der Waals surface area contributed by atoms with Crippen LogP contribution in [0.2, 0.25) is 0 Å². The fourth-order valence-corrected chi connectivity index (χ4v) is 1.68. The van der Waals surface area contributed by atoms with E-state index < -0.39 is 0 Å². The average Bonchev–Trinajstić information content (AvgIpc) is 3.08. The van der Waals surface area contributed by atoms with Crippen molar-refractivity contribution in [2.75, 3.05) is 13.2 Å². The average molecular weight is 246 g/mol. The van der Waals surface area contributed by atoms with E-state index in [1.165, 1.54) is 0 Å². The highest BCUT2D eigenvalue weighted by Crippen LogP contribution is 2.30. The Kier molecular flexibility index (Phi) is 2.76. The number of ether oxygens (including phenoxy) is 2. The van der Waals surface area contributed by atoms with E-state index >= 15 is 0 Å². The topological polar surface area (TPSA) is 60.7 Å². The minimum atomic E-state index is 0.225. The van der Waals surface area contributed by atoms with Crippen LogP contribution in [-0.4, -0.2) is 29.5 Å². The molecule has 94 valence electrons. The molecule has 1 saturated heterocycles. The lowest BCUT2D eigenvalue weighted by atomic mass is 10.1. The number of epoxide rings is 1. The molecule has 0 amide bonds. The molecule has 0 aliphatic carbocycles.